The van der Waals surface area contributed by atoms with Crippen LogP contribution >= 0.6 is 0 Å². The Hall–Kier alpha value is -0.120. The van der Waals surface area contributed by atoms with Crippen LogP contribution in [0.3, 0.4) is 0 Å². The molecule has 0 bridgehead atoms. The molecule has 0 aromatic heterocycles. The molecule has 3 heteroatoms. The topological polar surface area (TPSA) is 32.5 Å². The quantitative estimate of drug-likeness (QED) is 0.745. The highest BCUT2D eigenvalue weighted by Crippen LogP contribution is 2.30. The number of nitrogens with zero attached hydrogens (tertiary/aromatic N) is 2. The van der Waals surface area contributed by atoms with E-state index >= 15 is 0 Å². The third-order valence-electron chi connectivity index (χ3n) is 3.81. The maximum Gasteiger partial charge on any atom is 0.0247 e. The van der Waals surface area contributed by atoms with Gasteiger partial charge in [0, 0.05) is 44.8 Å². The Labute approximate surface area is 93.6 Å². The Morgan fingerprint density at radius 1 is 1.27 bits per heavy atom. The van der Waals surface area contributed by atoms with Crippen molar-refractivity contribution < 1.29 is 0 Å². The van der Waals surface area contributed by atoms with E-state index in [9.17, 15) is 0 Å². The average Bonchev–Trinajstić information content (AvgIpc) is 3.02. The Bertz CT molecular complexity index is 201. The number of rotatable bonds is 4. The first kappa shape index (κ1) is 11.4. The molecule has 0 aromatic rings. The minimum absolute atomic E-state index is 0.725. The number of piperazine rings is 1. The van der Waals surface area contributed by atoms with Gasteiger partial charge in [-0.25, -0.2) is 0 Å². The van der Waals surface area contributed by atoms with E-state index in [2.05, 4.69) is 23.6 Å². The van der Waals surface area contributed by atoms with E-state index in [0.29, 0.717) is 0 Å². The van der Waals surface area contributed by atoms with Crippen molar-refractivity contribution in [2.24, 2.45) is 11.7 Å². The van der Waals surface area contributed by atoms with E-state index in [1.807, 2.05) is 0 Å². The fraction of sp³-hybridized carbons (Fsp3) is 1.00. The van der Waals surface area contributed by atoms with Gasteiger partial charge in [0.15, 0.2) is 0 Å². The fourth-order valence-electron chi connectivity index (χ4n) is 2.72. The summed E-state index contributed by atoms with van der Waals surface area (Å²) in [6, 6.07) is 1.65. The molecular formula is C12H25N3. The lowest BCUT2D eigenvalue weighted by molar-refractivity contribution is 0.0481. The van der Waals surface area contributed by atoms with E-state index in [4.69, 9.17) is 5.73 Å². The Morgan fingerprint density at radius 2 is 2.00 bits per heavy atom. The molecule has 0 aromatic carbocycles. The van der Waals surface area contributed by atoms with Crippen LogP contribution in [0.4, 0.5) is 0 Å². The van der Waals surface area contributed by atoms with Gasteiger partial charge in [-0.15, -0.1) is 0 Å². The van der Waals surface area contributed by atoms with E-state index < -0.39 is 0 Å². The van der Waals surface area contributed by atoms with E-state index in [1.165, 1.54) is 32.5 Å². The molecule has 1 saturated heterocycles. The van der Waals surface area contributed by atoms with E-state index in [1.54, 1.807) is 0 Å². The van der Waals surface area contributed by atoms with Crippen LogP contribution in [-0.2, 0) is 0 Å². The third-order valence-corrected chi connectivity index (χ3v) is 3.81. The summed E-state index contributed by atoms with van der Waals surface area (Å²) in [7, 11) is 0. The second kappa shape index (κ2) is 4.81. The van der Waals surface area contributed by atoms with Crippen LogP contribution in [0.25, 0.3) is 0 Å². The first-order valence-corrected chi connectivity index (χ1v) is 6.40. The van der Waals surface area contributed by atoms with Crippen LogP contribution in [0.15, 0.2) is 0 Å². The number of nitrogens with two attached hydrogens (primary N) is 1. The van der Waals surface area contributed by atoms with Crippen molar-refractivity contribution in [2.75, 3.05) is 32.7 Å². The number of hydrogen-bond acceptors (Lipinski definition) is 3. The van der Waals surface area contributed by atoms with Gasteiger partial charge < -0.3 is 5.73 Å². The molecule has 1 saturated carbocycles. The molecule has 1 aliphatic heterocycles. The predicted octanol–water partition coefficient (Wildman–Crippen LogP) is 0.750. The lowest BCUT2D eigenvalue weighted by Crippen LogP contribution is -2.56. The van der Waals surface area contributed by atoms with Gasteiger partial charge in [-0.3, -0.25) is 9.80 Å². The van der Waals surface area contributed by atoms with Gasteiger partial charge in [-0.05, 0) is 18.8 Å². The molecule has 0 radical (unpaired) electrons. The van der Waals surface area contributed by atoms with Crippen molar-refractivity contribution in [3.63, 3.8) is 0 Å². The number of hydrogen-bond donors (Lipinski definition) is 1. The maximum absolute atomic E-state index is 5.67. The molecule has 1 atom stereocenters. The Morgan fingerprint density at radius 3 is 2.53 bits per heavy atom. The van der Waals surface area contributed by atoms with Crippen molar-refractivity contribution in [2.45, 2.75) is 38.8 Å². The minimum Gasteiger partial charge on any atom is -0.329 e. The van der Waals surface area contributed by atoms with Crippen molar-refractivity contribution in [1.29, 1.82) is 0 Å². The van der Waals surface area contributed by atoms with Gasteiger partial charge in [-0.1, -0.05) is 13.8 Å². The van der Waals surface area contributed by atoms with Crippen molar-refractivity contribution in [3.05, 3.63) is 0 Å². The molecule has 2 aliphatic rings. The van der Waals surface area contributed by atoms with Crippen LogP contribution in [0.1, 0.15) is 26.7 Å². The second-order valence-corrected chi connectivity index (χ2v) is 5.36. The summed E-state index contributed by atoms with van der Waals surface area (Å²) in [5.41, 5.74) is 5.67. The van der Waals surface area contributed by atoms with Crippen LogP contribution in [-0.4, -0.2) is 54.6 Å². The van der Waals surface area contributed by atoms with Crippen molar-refractivity contribution in [1.82, 2.24) is 9.80 Å². The van der Waals surface area contributed by atoms with E-state index in [0.717, 1.165) is 31.1 Å². The van der Waals surface area contributed by atoms with Crippen LogP contribution in [0.2, 0.25) is 0 Å². The fourth-order valence-corrected chi connectivity index (χ4v) is 2.72. The molecule has 1 unspecified atom stereocenters. The molecule has 1 aliphatic carbocycles. The molecule has 15 heavy (non-hydrogen) atoms. The van der Waals surface area contributed by atoms with Gasteiger partial charge in [-0.2, -0.15) is 0 Å². The van der Waals surface area contributed by atoms with Crippen LogP contribution < -0.4 is 5.73 Å². The maximum atomic E-state index is 5.67. The summed E-state index contributed by atoms with van der Waals surface area (Å²) in [4.78, 5) is 5.28. The summed E-state index contributed by atoms with van der Waals surface area (Å²) in [6.07, 6.45) is 2.86. The predicted molar refractivity (Wildman–Crippen MR) is 63.8 cm³/mol. The molecule has 2 rings (SSSR count). The highest BCUT2D eigenvalue weighted by molar-refractivity contribution is 4.92. The lowest BCUT2D eigenvalue weighted by Gasteiger charge is -2.43. The standard InChI is InChI=1S/C12H25N3/c1-10(2)12-9-15(11-3-4-11)8-7-14(12)6-5-13/h10-12H,3-9,13H2,1-2H3. The Kier molecular flexibility index (Phi) is 3.65. The monoisotopic (exact) mass is 211 g/mol. The van der Waals surface area contributed by atoms with Gasteiger partial charge >= 0.3 is 0 Å². The van der Waals surface area contributed by atoms with Crippen LogP contribution in [0, 0.1) is 5.92 Å². The SMILES string of the molecule is CC(C)C1CN(C2CC2)CCN1CCN. The van der Waals surface area contributed by atoms with E-state index in [-0.39, 0.29) is 0 Å². The first-order chi connectivity index (χ1) is 7.22. The van der Waals surface area contributed by atoms with Gasteiger partial charge in [0.1, 0.15) is 0 Å². The molecule has 1 heterocycles. The van der Waals surface area contributed by atoms with Gasteiger partial charge in [0.2, 0.25) is 0 Å². The zero-order chi connectivity index (χ0) is 10.8. The summed E-state index contributed by atoms with van der Waals surface area (Å²) in [5, 5.41) is 0. The highest BCUT2D eigenvalue weighted by atomic mass is 15.3. The summed E-state index contributed by atoms with van der Waals surface area (Å²) < 4.78 is 0. The molecule has 3 nitrogen and oxygen atoms in total. The Balaban J connectivity index is 1.91. The largest absolute Gasteiger partial charge is 0.329 e. The van der Waals surface area contributed by atoms with Crippen molar-refractivity contribution in [3.8, 4) is 0 Å². The lowest BCUT2D eigenvalue weighted by atomic mass is 9.99. The second-order valence-electron chi connectivity index (χ2n) is 5.36. The highest BCUT2D eigenvalue weighted by Gasteiger charge is 2.36. The molecule has 2 fully saturated rings. The van der Waals surface area contributed by atoms with Gasteiger partial charge in [0.05, 0.1) is 0 Å². The van der Waals surface area contributed by atoms with Crippen molar-refractivity contribution >= 4 is 0 Å². The summed E-state index contributed by atoms with van der Waals surface area (Å²) >= 11 is 0. The normalized spacial score (nSPS) is 30.0. The minimum atomic E-state index is 0.725. The molecule has 2 N–H and O–H groups in total. The summed E-state index contributed by atoms with van der Waals surface area (Å²) in [6.45, 7) is 10.3. The van der Waals surface area contributed by atoms with Gasteiger partial charge in [0.25, 0.3) is 0 Å². The first-order valence-electron chi connectivity index (χ1n) is 6.40. The zero-order valence-corrected chi connectivity index (χ0v) is 10.2. The molecule has 0 spiro atoms. The zero-order valence-electron chi connectivity index (χ0n) is 10.2. The van der Waals surface area contributed by atoms with Crippen LogP contribution in [0.5, 0.6) is 0 Å². The molecular weight excluding hydrogens is 186 g/mol. The smallest absolute Gasteiger partial charge is 0.0247 e. The molecule has 0 amide bonds. The molecule has 88 valence electrons. The average molecular weight is 211 g/mol. The summed E-state index contributed by atoms with van der Waals surface area (Å²) in [5.74, 6) is 0.748. The third kappa shape index (κ3) is 2.71.